The molecule has 9 nitrogen and oxygen atoms in total. The topological polar surface area (TPSA) is 106 Å². The molecule has 3 aromatic rings. The summed E-state index contributed by atoms with van der Waals surface area (Å²) in [7, 11) is 5.31. The third-order valence-corrected chi connectivity index (χ3v) is 4.33. The van der Waals surface area contributed by atoms with Gasteiger partial charge in [0.25, 0.3) is 0 Å². The average molecular weight is 383 g/mol. The number of aromatic nitrogens is 3. The molecule has 0 amide bonds. The highest BCUT2D eigenvalue weighted by molar-refractivity contribution is 5.44. The van der Waals surface area contributed by atoms with Crippen molar-refractivity contribution in [2.24, 2.45) is 0 Å². The van der Waals surface area contributed by atoms with E-state index in [1.165, 1.54) is 0 Å². The lowest BCUT2D eigenvalue weighted by Crippen LogP contribution is -2.96. The molecule has 1 aromatic heterocycles. The molecular weight excluding hydrogens is 360 g/mol. The molecule has 0 atom stereocenters. The highest BCUT2D eigenvalue weighted by atomic mass is 16.8. The molecule has 148 valence electrons. The van der Waals surface area contributed by atoms with Gasteiger partial charge in [-0.1, -0.05) is 29.4 Å². The zero-order valence-corrected chi connectivity index (χ0v) is 16.0. The number of benzene rings is 2. The Hall–Kier alpha value is -3.14. The van der Waals surface area contributed by atoms with Gasteiger partial charge < -0.3 is 30.6 Å². The van der Waals surface area contributed by atoms with Crippen LogP contribution in [0.15, 0.2) is 48.5 Å². The molecule has 28 heavy (non-hydrogen) atoms. The van der Waals surface area contributed by atoms with Crippen molar-refractivity contribution in [2.45, 2.75) is 13.1 Å². The van der Waals surface area contributed by atoms with Crippen LogP contribution < -0.4 is 20.2 Å². The van der Waals surface area contributed by atoms with Crippen molar-refractivity contribution in [1.29, 1.82) is 0 Å². The van der Waals surface area contributed by atoms with E-state index < -0.39 is 5.23 Å². The molecule has 0 saturated carbocycles. The fourth-order valence-corrected chi connectivity index (χ4v) is 2.83. The van der Waals surface area contributed by atoms with E-state index in [0.29, 0.717) is 19.0 Å². The van der Waals surface area contributed by atoms with E-state index >= 15 is 0 Å². The van der Waals surface area contributed by atoms with Gasteiger partial charge in [-0.05, 0) is 35.4 Å². The highest BCUT2D eigenvalue weighted by Crippen LogP contribution is 2.19. The molecule has 0 unspecified atom stereocenters. The number of quaternary nitrogens is 1. The molecule has 3 rings (SSSR count). The maximum Gasteiger partial charge on any atom is 0.348 e. The van der Waals surface area contributed by atoms with Crippen LogP contribution >= 0.6 is 0 Å². The van der Waals surface area contributed by atoms with E-state index in [1.54, 1.807) is 11.8 Å². The SMILES string of the molecule is CNc1ccc(Cn2nc([NH+]([O-])[O-])nc2N(C)Cc2ccc(OC)cc2)cc1. The molecule has 1 heterocycles. The van der Waals surface area contributed by atoms with Gasteiger partial charge in [-0.25, -0.2) is 4.68 Å². The van der Waals surface area contributed by atoms with Gasteiger partial charge in [0.2, 0.25) is 5.95 Å². The first-order valence-electron chi connectivity index (χ1n) is 8.77. The summed E-state index contributed by atoms with van der Waals surface area (Å²) in [5.74, 6) is 0.898. The predicted octanol–water partition coefficient (Wildman–Crippen LogP) is 1.53. The number of hydrogen-bond acceptors (Lipinski definition) is 7. The van der Waals surface area contributed by atoms with Crippen LogP contribution in [0.5, 0.6) is 5.75 Å². The van der Waals surface area contributed by atoms with E-state index in [9.17, 15) is 10.4 Å². The zero-order valence-electron chi connectivity index (χ0n) is 16.0. The molecule has 0 aliphatic heterocycles. The quantitative estimate of drug-likeness (QED) is 0.568. The highest BCUT2D eigenvalue weighted by Gasteiger charge is 2.17. The van der Waals surface area contributed by atoms with Crippen molar-refractivity contribution in [3.05, 3.63) is 70.1 Å². The van der Waals surface area contributed by atoms with Gasteiger partial charge in [0, 0.05) is 26.3 Å². The van der Waals surface area contributed by atoms with E-state index in [4.69, 9.17) is 4.74 Å². The van der Waals surface area contributed by atoms with Crippen LogP contribution in [-0.2, 0) is 13.1 Å². The molecule has 0 bridgehead atoms. The minimum absolute atomic E-state index is 0.330. The number of nitrogens with zero attached hydrogens (tertiary/aromatic N) is 4. The van der Waals surface area contributed by atoms with Crippen molar-refractivity contribution >= 4 is 17.6 Å². The Morgan fingerprint density at radius 1 is 1.07 bits per heavy atom. The number of nitrogens with one attached hydrogen (secondary N) is 2. The lowest BCUT2D eigenvalue weighted by atomic mass is 10.2. The fourth-order valence-electron chi connectivity index (χ4n) is 2.83. The first-order chi connectivity index (χ1) is 13.5. The Morgan fingerprint density at radius 2 is 1.71 bits per heavy atom. The van der Waals surface area contributed by atoms with Crippen molar-refractivity contribution in [3.63, 3.8) is 0 Å². The van der Waals surface area contributed by atoms with Crippen molar-refractivity contribution in [1.82, 2.24) is 14.8 Å². The molecular formula is C19H23N6O3-. The summed E-state index contributed by atoms with van der Waals surface area (Å²) in [5.41, 5.74) is 3.01. The second kappa shape index (κ2) is 8.70. The van der Waals surface area contributed by atoms with Gasteiger partial charge in [0.05, 0.1) is 13.7 Å². The number of ether oxygens (including phenoxy) is 1. The standard InChI is InChI=1S/C19H23N6O3/c1-20-16-8-4-15(5-9-16)13-24-19(21-18(22-24)25(26)27)23(2)12-14-6-10-17(28-3)11-7-14/h4-11,20,25H,12-13H2,1-3H3/q-1. The second-order valence-corrected chi connectivity index (χ2v) is 6.33. The van der Waals surface area contributed by atoms with Crippen LogP contribution in [0.4, 0.5) is 17.6 Å². The van der Waals surface area contributed by atoms with Crippen molar-refractivity contribution < 1.29 is 9.96 Å². The van der Waals surface area contributed by atoms with Crippen LogP contribution in [0.1, 0.15) is 11.1 Å². The van der Waals surface area contributed by atoms with Gasteiger partial charge in [0.1, 0.15) is 5.75 Å². The maximum atomic E-state index is 11.3. The van der Waals surface area contributed by atoms with Gasteiger partial charge >= 0.3 is 5.95 Å². The van der Waals surface area contributed by atoms with E-state index in [2.05, 4.69) is 15.4 Å². The number of hydrogen-bond donors (Lipinski definition) is 2. The van der Waals surface area contributed by atoms with Crippen molar-refractivity contribution in [2.75, 3.05) is 31.4 Å². The fraction of sp³-hybridized carbons (Fsp3) is 0.263. The molecule has 2 aromatic carbocycles. The minimum Gasteiger partial charge on any atom is -0.625 e. The van der Waals surface area contributed by atoms with E-state index in [0.717, 1.165) is 22.6 Å². The first kappa shape index (κ1) is 19.6. The average Bonchev–Trinajstić information content (AvgIpc) is 3.13. The second-order valence-electron chi connectivity index (χ2n) is 6.33. The molecule has 0 aliphatic rings. The number of methoxy groups -OCH3 is 1. The monoisotopic (exact) mass is 383 g/mol. The Kier molecular flexibility index (Phi) is 6.09. The Morgan fingerprint density at radius 3 is 2.29 bits per heavy atom. The van der Waals surface area contributed by atoms with Crippen LogP contribution in [0.25, 0.3) is 0 Å². The molecule has 0 saturated heterocycles. The van der Waals surface area contributed by atoms with Crippen LogP contribution in [-0.4, -0.2) is 36.0 Å². The van der Waals surface area contributed by atoms with Gasteiger partial charge in [-0.2, -0.15) is 0 Å². The largest absolute Gasteiger partial charge is 0.625 e. The smallest absolute Gasteiger partial charge is 0.348 e. The maximum absolute atomic E-state index is 11.3. The third kappa shape index (κ3) is 4.58. The molecule has 0 radical (unpaired) electrons. The number of rotatable bonds is 8. The van der Waals surface area contributed by atoms with E-state index in [-0.39, 0.29) is 5.95 Å². The number of anilines is 2. The minimum atomic E-state index is -1.40. The lowest BCUT2D eigenvalue weighted by molar-refractivity contribution is -0.721. The molecule has 0 aliphatic carbocycles. The van der Waals surface area contributed by atoms with Gasteiger partial charge in [0.15, 0.2) is 0 Å². The molecule has 2 N–H and O–H groups in total. The van der Waals surface area contributed by atoms with Crippen LogP contribution in [0, 0.1) is 10.4 Å². The molecule has 0 spiro atoms. The summed E-state index contributed by atoms with van der Waals surface area (Å²) >= 11 is 0. The van der Waals surface area contributed by atoms with E-state index in [1.807, 2.05) is 67.5 Å². The van der Waals surface area contributed by atoms with Crippen LogP contribution in [0.2, 0.25) is 0 Å². The summed E-state index contributed by atoms with van der Waals surface area (Å²) in [6.45, 7) is 0.931. The lowest BCUT2D eigenvalue weighted by Gasteiger charge is -2.19. The Bertz CT molecular complexity index is 893. The first-order valence-corrected chi connectivity index (χ1v) is 8.77. The van der Waals surface area contributed by atoms with Crippen LogP contribution in [0.3, 0.4) is 0 Å². The summed E-state index contributed by atoms with van der Waals surface area (Å²) < 4.78 is 6.75. The normalized spacial score (nSPS) is 10.9. The predicted molar refractivity (Wildman–Crippen MR) is 108 cm³/mol. The molecule has 9 heteroatoms. The molecule has 0 fully saturated rings. The summed E-state index contributed by atoms with van der Waals surface area (Å²) in [6.07, 6.45) is 0. The summed E-state index contributed by atoms with van der Waals surface area (Å²) in [6, 6.07) is 15.5. The zero-order chi connectivity index (χ0) is 20.1. The Labute approximate surface area is 163 Å². The van der Waals surface area contributed by atoms with Crippen molar-refractivity contribution in [3.8, 4) is 5.75 Å². The Balaban J connectivity index is 1.83. The summed E-state index contributed by atoms with van der Waals surface area (Å²) in [4.78, 5) is 6.00. The summed E-state index contributed by atoms with van der Waals surface area (Å²) in [5, 5.41) is 28.3. The van der Waals surface area contributed by atoms with Gasteiger partial charge in [-0.15, -0.1) is 4.98 Å². The van der Waals surface area contributed by atoms with Gasteiger partial charge in [-0.3, -0.25) is 0 Å². The third-order valence-electron chi connectivity index (χ3n) is 4.33.